The summed E-state index contributed by atoms with van der Waals surface area (Å²) >= 11 is 0. The molecule has 19 heavy (non-hydrogen) atoms. The van der Waals surface area contributed by atoms with Crippen molar-refractivity contribution in [2.45, 2.75) is 33.2 Å². The van der Waals surface area contributed by atoms with Crippen LogP contribution in [0, 0.1) is 6.92 Å². The van der Waals surface area contributed by atoms with Crippen LogP contribution in [0.15, 0.2) is 22.6 Å². The first-order valence-corrected chi connectivity index (χ1v) is 6.48. The zero-order valence-corrected chi connectivity index (χ0v) is 11.5. The lowest BCUT2D eigenvalue weighted by molar-refractivity contribution is 0.422. The minimum Gasteiger partial charge on any atom is -0.508 e. The Morgan fingerprint density at radius 2 is 2.16 bits per heavy atom. The molecule has 2 rings (SSSR count). The van der Waals surface area contributed by atoms with Crippen LogP contribution in [0.3, 0.4) is 0 Å². The highest BCUT2D eigenvalue weighted by atomic mass is 16.4. The van der Waals surface area contributed by atoms with Crippen LogP contribution in [0.5, 0.6) is 5.75 Å². The molecule has 1 aromatic heterocycles. The molecule has 0 radical (unpaired) electrons. The van der Waals surface area contributed by atoms with Crippen molar-refractivity contribution in [2.75, 3.05) is 6.54 Å². The lowest BCUT2D eigenvalue weighted by Gasteiger charge is -2.07. The molecule has 0 spiro atoms. The SMILES string of the molecule is CCCNC(C)c1nnc(-c2ccc(C)c(O)c2)o1. The van der Waals surface area contributed by atoms with E-state index in [1.165, 1.54) is 0 Å². The van der Waals surface area contributed by atoms with Crippen LogP contribution in [0.25, 0.3) is 11.5 Å². The van der Waals surface area contributed by atoms with E-state index in [0.717, 1.165) is 24.1 Å². The van der Waals surface area contributed by atoms with Gasteiger partial charge in [0.25, 0.3) is 0 Å². The smallest absolute Gasteiger partial charge is 0.247 e. The molecule has 1 atom stereocenters. The fourth-order valence-electron chi connectivity index (χ4n) is 1.72. The Morgan fingerprint density at radius 3 is 2.84 bits per heavy atom. The van der Waals surface area contributed by atoms with E-state index in [1.807, 2.05) is 26.0 Å². The number of aryl methyl sites for hydroxylation is 1. The minimum atomic E-state index is 0.0280. The molecule has 5 heteroatoms. The number of nitrogens with zero attached hydrogens (tertiary/aromatic N) is 2. The number of benzene rings is 1. The first-order chi connectivity index (χ1) is 9.11. The first-order valence-electron chi connectivity index (χ1n) is 6.48. The monoisotopic (exact) mass is 261 g/mol. The third kappa shape index (κ3) is 3.12. The number of hydrogen-bond donors (Lipinski definition) is 2. The molecule has 0 bridgehead atoms. The van der Waals surface area contributed by atoms with Crippen LogP contribution in [0.4, 0.5) is 0 Å². The van der Waals surface area contributed by atoms with Crippen molar-refractivity contribution in [1.29, 1.82) is 0 Å². The molecule has 102 valence electrons. The summed E-state index contributed by atoms with van der Waals surface area (Å²) in [5.74, 6) is 1.22. The molecule has 0 aliphatic heterocycles. The molecule has 1 heterocycles. The van der Waals surface area contributed by atoms with E-state index in [1.54, 1.807) is 6.07 Å². The lowest BCUT2D eigenvalue weighted by Crippen LogP contribution is -2.19. The number of aromatic hydroxyl groups is 1. The van der Waals surface area contributed by atoms with Crippen LogP contribution in [0.2, 0.25) is 0 Å². The summed E-state index contributed by atoms with van der Waals surface area (Å²) in [4.78, 5) is 0. The second-order valence-corrected chi connectivity index (χ2v) is 4.62. The number of aromatic nitrogens is 2. The van der Waals surface area contributed by atoms with Crippen molar-refractivity contribution >= 4 is 0 Å². The summed E-state index contributed by atoms with van der Waals surface area (Å²) in [6.45, 7) is 6.84. The summed E-state index contributed by atoms with van der Waals surface area (Å²) < 4.78 is 5.63. The molecule has 0 saturated carbocycles. The summed E-state index contributed by atoms with van der Waals surface area (Å²) in [6.07, 6.45) is 1.05. The predicted octanol–water partition coefficient (Wildman–Crippen LogP) is 2.81. The molecular formula is C14H19N3O2. The van der Waals surface area contributed by atoms with Gasteiger partial charge in [0.2, 0.25) is 11.8 Å². The van der Waals surface area contributed by atoms with Crippen LogP contribution in [-0.4, -0.2) is 21.8 Å². The quantitative estimate of drug-likeness (QED) is 0.866. The highest BCUT2D eigenvalue weighted by molar-refractivity contribution is 5.57. The van der Waals surface area contributed by atoms with Gasteiger partial charge in [-0.2, -0.15) is 0 Å². The average Bonchev–Trinajstić information content (AvgIpc) is 2.89. The summed E-state index contributed by atoms with van der Waals surface area (Å²) in [6, 6.07) is 5.35. The Balaban J connectivity index is 2.18. The molecule has 1 unspecified atom stereocenters. The summed E-state index contributed by atoms with van der Waals surface area (Å²) in [7, 11) is 0. The van der Waals surface area contributed by atoms with E-state index in [4.69, 9.17) is 4.42 Å². The zero-order valence-electron chi connectivity index (χ0n) is 11.5. The topological polar surface area (TPSA) is 71.2 Å². The number of rotatable bonds is 5. The lowest BCUT2D eigenvalue weighted by atomic mass is 10.1. The second-order valence-electron chi connectivity index (χ2n) is 4.62. The highest BCUT2D eigenvalue weighted by Crippen LogP contribution is 2.26. The zero-order chi connectivity index (χ0) is 13.8. The van der Waals surface area contributed by atoms with Crippen molar-refractivity contribution in [3.05, 3.63) is 29.7 Å². The normalized spacial score (nSPS) is 12.6. The standard InChI is InChI=1S/C14H19N3O2/c1-4-7-15-10(3)13-16-17-14(19-13)11-6-5-9(2)12(18)8-11/h5-6,8,10,15,18H,4,7H2,1-3H3. The second kappa shape index (κ2) is 5.84. The molecule has 1 aromatic carbocycles. The van der Waals surface area contributed by atoms with Gasteiger partial charge in [0.1, 0.15) is 5.75 Å². The van der Waals surface area contributed by atoms with Gasteiger partial charge in [0, 0.05) is 5.56 Å². The fourth-order valence-corrected chi connectivity index (χ4v) is 1.72. The van der Waals surface area contributed by atoms with Crippen molar-refractivity contribution < 1.29 is 9.52 Å². The van der Waals surface area contributed by atoms with E-state index < -0.39 is 0 Å². The van der Waals surface area contributed by atoms with Crippen molar-refractivity contribution in [1.82, 2.24) is 15.5 Å². The van der Waals surface area contributed by atoms with Gasteiger partial charge in [-0.1, -0.05) is 13.0 Å². The maximum Gasteiger partial charge on any atom is 0.247 e. The number of phenols is 1. The summed E-state index contributed by atoms with van der Waals surface area (Å²) in [5, 5.41) is 21.0. The Labute approximate surface area is 112 Å². The van der Waals surface area contributed by atoms with Gasteiger partial charge < -0.3 is 14.8 Å². The molecule has 2 aromatic rings. The third-order valence-electron chi connectivity index (χ3n) is 2.97. The third-order valence-corrected chi connectivity index (χ3v) is 2.97. The number of phenolic OH excluding ortho intramolecular Hbond substituents is 1. The largest absolute Gasteiger partial charge is 0.508 e. The van der Waals surface area contributed by atoms with E-state index in [-0.39, 0.29) is 11.8 Å². The maximum absolute atomic E-state index is 9.69. The molecule has 0 aliphatic carbocycles. The fraction of sp³-hybridized carbons (Fsp3) is 0.429. The Bertz CT molecular complexity index is 551. The molecular weight excluding hydrogens is 242 g/mol. The van der Waals surface area contributed by atoms with Gasteiger partial charge in [-0.25, -0.2) is 0 Å². The Hall–Kier alpha value is -1.88. The van der Waals surface area contributed by atoms with Gasteiger partial charge in [0.05, 0.1) is 6.04 Å². The molecule has 5 nitrogen and oxygen atoms in total. The van der Waals surface area contributed by atoms with Gasteiger partial charge in [-0.3, -0.25) is 0 Å². The molecule has 0 fully saturated rings. The molecule has 0 saturated heterocycles. The minimum absolute atomic E-state index is 0.0280. The van der Waals surface area contributed by atoms with E-state index in [9.17, 15) is 5.11 Å². The highest BCUT2D eigenvalue weighted by Gasteiger charge is 2.14. The van der Waals surface area contributed by atoms with Crippen LogP contribution in [-0.2, 0) is 0 Å². The summed E-state index contributed by atoms with van der Waals surface area (Å²) in [5.41, 5.74) is 1.55. The van der Waals surface area contributed by atoms with Crippen molar-refractivity contribution in [3.63, 3.8) is 0 Å². The van der Waals surface area contributed by atoms with Crippen molar-refractivity contribution in [3.8, 4) is 17.2 Å². The molecule has 0 aliphatic rings. The maximum atomic E-state index is 9.69. The van der Waals surface area contributed by atoms with Crippen LogP contribution in [0.1, 0.15) is 37.8 Å². The van der Waals surface area contributed by atoms with E-state index >= 15 is 0 Å². The average molecular weight is 261 g/mol. The van der Waals surface area contributed by atoms with Gasteiger partial charge in [-0.05, 0) is 44.5 Å². The molecule has 2 N–H and O–H groups in total. The Kier molecular flexibility index (Phi) is 4.16. The number of nitrogens with one attached hydrogen (secondary N) is 1. The predicted molar refractivity (Wildman–Crippen MR) is 72.8 cm³/mol. The van der Waals surface area contributed by atoms with Gasteiger partial charge >= 0.3 is 0 Å². The Morgan fingerprint density at radius 1 is 1.37 bits per heavy atom. The first kappa shape index (κ1) is 13.5. The van der Waals surface area contributed by atoms with E-state index in [2.05, 4.69) is 22.4 Å². The van der Waals surface area contributed by atoms with Gasteiger partial charge in [-0.15, -0.1) is 10.2 Å². The van der Waals surface area contributed by atoms with Gasteiger partial charge in [0.15, 0.2) is 0 Å². The van der Waals surface area contributed by atoms with Crippen LogP contribution < -0.4 is 5.32 Å². The van der Waals surface area contributed by atoms with Crippen LogP contribution >= 0.6 is 0 Å². The molecule has 0 amide bonds. The van der Waals surface area contributed by atoms with E-state index in [0.29, 0.717) is 11.8 Å². The van der Waals surface area contributed by atoms with Crippen molar-refractivity contribution in [2.24, 2.45) is 0 Å². The number of hydrogen-bond acceptors (Lipinski definition) is 5.